The monoisotopic (exact) mass is 201 g/mol. The van der Waals surface area contributed by atoms with Gasteiger partial charge in [-0.15, -0.1) is 0 Å². The highest BCUT2D eigenvalue weighted by molar-refractivity contribution is 5.98. The van der Waals surface area contributed by atoms with Gasteiger partial charge in [-0.3, -0.25) is 14.5 Å². The van der Waals surface area contributed by atoms with E-state index in [-0.39, 0.29) is 31.6 Å². The average Bonchev–Trinajstić information content (AvgIpc) is 2.12. The third kappa shape index (κ3) is 2.52. The Kier molecular flexibility index (Phi) is 3.23. The van der Waals surface area contributed by atoms with E-state index in [2.05, 4.69) is 0 Å². The van der Waals surface area contributed by atoms with Crippen LogP contribution in [-0.4, -0.2) is 47.2 Å². The third-order valence-corrected chi connectivity index (χ3v) is 2.31. The summed E-state index contributed by atoms with van der Waals surface area (Å²) in [5.41, 5.74) is -1.01. The lowest BCUT2D eigenvalue weighted by atomic mass is 10.0. The van der Waals surface area contributed by atoms with Crippen molar-refractivity contribution in [2.75, 3.05) is 19.8 Å². The molecule has 0 saturated carbocycles. The highest BCUT2D eigenvalue weighted by Gasteiger charge is 2.32. The molecular weight excluding hydrogens is 186 g/mol. The third-order valence-electron chi connectivity index (χ3n) is 2.31. The van der Waals surface area contributed by atoms with Gasteiger partial charge in [-0.05, 0) is 13.3 Å². The first-order valence-electron chi connectivity index (χ1n) is 4.59. The Morgan fingerprint density at radius 1 is 1.43 bits per heavy atom. The second-order valence-corrected chi connectivity index (χ2v) is 3.72. The van der Waals surface area contributed by atoms with Crippen molar-refractivity contribution in [3.8, 4) is 0 Å². The summed E-state index contributed by atoms with van der Waals surface area (Å²) < 4.78 is 4.75. The highest BCUT2D eigenvalue weighted by Crippen LogP contribution is 2.13. The number of rotatable bonds is 3. The van der Waals surface area contributed by atoms with Gasteiger partial charge in [0.1, 0.15) is 13.2 Å². The Balaban J connectivity index is 2.65. The smallest absolute Gasteiger partial charge is 0.255 e. The first kappa shape index (κ1) is 11.1. The number of amides is 2. The predicted molar refractivity (Wildman–Crippen MR) is 48.5 cm³/mol. The number of carbonyl (C=O) groups is 2. The molecule has 5 nitrogen and oxygen atoms in total. The van der Waals surface area contributed by atoms with E-state index in [1.807, 2.05) is 0 Å². The Labute approximate surface area is 82.6 Å². The maximum absolute atomic E-state index is 11.3. The molecule has 5 heteroatoms. The fraction of sp³-hybridized carbons (Fsp3) is 0.778. The Morgan fingerprint density at radius 2 is 1.93 bits per heavy atom. The summed E-state index contributed by atoms with van der Waals surface area (Å²) in [5.74, 6) is -0.759. The lowest BCUT2D eigenvalue weighted by molar-refractivity contribution is -0.162. The highest BCUT2D eigenvalue weighted by atomic mass is 16.5. The van der Waals surface area contributed by atoms with Crippen LogP contribution in [0, 0.1) is 0 Å². The van der Waals surface area contributed by atoms with Gasteiger partial charge in [-0.25, -0.2) is 0 Å². The molecule has 1 heterocycles. The molecule has 1 N–H and O–H groups in total. The van der Waals surface area contributed by atoms with Crippen molar-refractivity contribution in [1.82, 2.24) is 4.90 Å². The Hall–Kier alpha value is -0.940. The SMILES string of the molecule is CCC(C)(O)CN1C(=O)COCC1=O. The van der Waals surface area contributed by atoms with Crippen molar-refractivity contribution < 1.29 is 19.4 Å². The van der Waals surface area contributed by atoms with E-state index in [9.17, 15) is 14.7 Å². The molecule has 1 aliphatic rings. The Bertz CT molecular complexity index is 233. The molecule has 2 amide bonds. The van der Waals surface area contributed by atoms with Crippen LogP contribution in [0.2, 0.25) is 0 Å². The molecule has 0 aromatic heterocycles. The summed E-state index contributed by atoms with van der Waals surface area (Å²) >= 11 is 0. The molecule has 1 saturated heterocycles. The summed E-state index contributed by atoms with van der Waals surface area (Å²) in [6, 6.07) is 0. The van der Waals surface area contributed by atoms with Crippen molar-refractivity contribution in [2.24, 2.45) is 0 Å². The van der Waals surface area contributed by atoms with Gasteiger partial charge >= 0.3 is 0 Å². The number of β-amino-alcohol motifs (C(OH)–C–C–N with tert-alkyl or cyclic N) is 1. The maximum Gasteiger partial charge on any atom is 0.255 e. The van der Waals surface area contributed by atoms with Crippen LogP contribution in [-0.2, 0) is 14.3 Å². The molecule has 80 valence electrons. The molecule has 1 rings (SSSR count). The summed E-state index contributed by atoms with van der Waals surface area (Å²) in [5, 5.41) is 9.72. The van der Waals surface area contributed by atoms with Crippen LogP contribution < -0.4 is 0 Å². The van der Waals surface area contributed by atoms with Gasteiger partial charge in [0.05, 0.1) is 12.1 Å². The van der Waals surface area contributed by atoms with Crippen molar-refractivity contribution in [3.63, 3.8) is 0 Å². The van der Waals surface area contributed by atoms with E-state index < -0.39 is 5.60 Å². The molecule has 0 aliphatic carbocycles. The van der Waals surface area contributed by atoms with E-state index in [4.69, 9.17) is 4.74 Å². The van der Waals surface area contributed by atoms with Crippen LogP contribution in [0.25, 0.3) is 0 Å². The van der Waals surface area contributed by atoms with Crippen LogP contribution in [0.4, 0.5) is 0 Å². The molecule has 0 aromatic carbocycles. The van der Waals surface area contributed by atoms with Gasteiger partial charge in [-0.2, -0.15) is 0 Å². The fourth-order valence-corrected chi connectivity index (χ4v) is 1.15. The Morgan fingerprint density at radius 3 is 2.36 bits per heavy atom. The molecule has 1 unspecified atom stereocenters. The van der Waals surface area contributed by atoms with Gasteiger partial charge in [-0.1, -0.05) is 6.92 Å². The van der Waals surface area contributed by atoms with E-state index >= 15 is 0 Å². The quantitative estimate of drug-likeness (QED) is 0.627. The van der Waals surface area contributed by atoms with Crippen LogP contribution >= 0.6 is 0 Å². The molecule has 0 radical (unpaired) electrons. The number of morpholine rings is 1. The van der Waals surface area contributed by atoms with Gasteiger partial charge in [0.25, 0.3) is 11.8 Å². The van der Waals surface area contributed by atoms with Gasteiger partial charge < -0.3 is 9.84 Å². The van der Waals surface area contributed by atoms with Crippen molar-refractivity contribution >= 4 is 11.8 Å². The number of hydrogen-bond acceptors (Lipinski definition) is 4. The second-order valence-electron chi connectivity index (χ2n) is 3.72. The van der Waals surface area contributed by atoms with Gasteiger partial charge in [0.2, 0.25) is 0 Å². The second kappa shape index (κ2) is 4.06. The molecule has 0 bridgehead atoms. The number of carbonyl (C=O) groups excluding carboxylic acids is 2. The zero-order valence-corrected chi connectivity index (χ0v) is 8.45. The van der Waals surface area contributed by atoms with Crippen molar-refractivity contribution in [1.29, 1.82) is 0 Å². The largest absolute Gasteiger partial charge is 0.388 e. The number of hydrogen-bond donors (Lipinski definition) is 1. The lowest BCUT2D eigenvalue weighted by Gasteiger charge is -2.31. The fourth-order valence-electron chi connectivity index (χ4n) is 1.15. The first-order valence-corrected chi connectivity index (χ1v) is 4.59. The predicted octanol–water partition coefficient (Wildman–Crippen LogP) is -0.467. The van der Waals surface area contributed by atoms with Crippen LogP contribution in [0.3, 0.4) is 0 Å². The molecule has 0 aromatic rings. The van der Waals surface area contributed by atoms with E-state index in [0.717, 1.165) is 4.90 Å². The summed E-state index contributed by atoms with van der Waals surface area (Å²) in [6.45, 7) is 3.29. The minimum Gasteiger partial charge on any atom is -0.388 e. The summed E-state index contributed by atoms with van der Waals surface area (Å²) in [4.78, 5) is 23.6. The van der Waals surface area contributed by atoms with E-state index in [1.165, 1.54) is 0 Å². The van der Waals surface area contributed by atoms with Crippen LogP contribution in [0.5, 0.6) is 0 Å². The zero-order chi connectivity index (χ0) is 10.8. The minimum atomic E-state index is -1.01. The van der Waals surface area contributed by atoms with Crippen molar-refractivity contribution in [2.45, 2.75) is 25.9 Å². The molecule has 1 aliphatic heterocycles. The van der Waals surface area contributed by atoms with Crippen LogP contribution in [0.15, 0.2) is 0 Å². The van der Waals surface area contributed by atoms with E-state index in [1.54, 1.807) is 13.8 Å². The topological polar surface area (TPSA) is 66.8 Å². The van der Waals surface area contributed by atoms with Crippen molar-refractivity contribution in [3.05, 3.63) is 0 Å². The molecule has 0 spiro atoms. The summed E-state index contributed by atoms with van der Waals surface area (Å²) in [6.07, 6.45) is 0.491. The number of imide groups is 1. The standard InChI is InChI=1S/C9H15NO4/c1-3-9(2,13)6-10-7(11)4-14-5-8(10)12/h13H,3-6H2,1-2H3. The first-order chi connectivity index (χ1) is 6.46. The molecule has 14 heavy (non-hydrogen) atoms. The molecular formula is C9H15NO4. The van der Waals surface area contributed by atoms with Crippen LogP contribution in [0.1, 0.15) is 20.3 Å². The zero-order valence-electron chi connectivity index (χ0n) is 8.45. The van der Waals surface area contributed by atoms with Gasteiger partial charge in [0, 0.05) is 0 Å². The summed E-state index contributed by atoms with van der Waals surface area (Å²) in [7, 11) is 0. The number of ether oxygens (including phenoxy) is 1. The number of aliphatic hydroxyl groups is 1. The number of nitrogens with zero attached hydrogens (tertiary/aromatic N) is 1. The average molecular weight is 201 g/mol. The minimum absolute atomic E-state index is 0.0462. The van der Waals surface area contributed by atoms with E-state index in [0.29, 0.717) is 6.42 Å². The lowest BCUT2D eigenvalue weighted by Crippen LogP contribution is -2.52. The molecule has 1 atom stereocenters. The normalized spacial score (nSPS) is 22.4. The molecule has 1 fully saturated rings. The van der Waals surface area contributed by atoms with Gasteiger partial charge in [0.15, 0.2) is 0 Å². The maximum atomic E-state index is 11.3.